The molecule has 2 rings (SSSR count). The zero-order valence-corrected chi connectivity index (χ0v) is 17.6. The van der Waals surface area contributed by atoms with E-state index in [0.29, 0.717) is 44.1 Å². The van der Waals surface area contributed by atoms with E-state index in [0.717, 1.165) is 5.56 Å². The van der Waals surface area contributed by atoms with E-state index in [1.165, 1.54) is 4.31 Å². The van der Waals surface area contributed by atoms with E-state index >= 15 is 0 Å². The van der Waals surface area contributed by atoms with E-state index in [9.17, 15) is 13.2 Å². The van der Waals surface area contributed by atoms with Crippen molar-refractivity contribution in [2.75, 3.05) is 13.1 Å². The van der Waals surface area contributed by atoms with Crippen LogP contribution in [-0.2, 0) is 21.2 Å². The number of nitrogens with zero attached hydrogens (tertiary/aromatic N) is 3. The van der Waals surface area contributed by atoms with Crippen LogP contribution in [0.5, 0.6) is 0 Å². The van der Waals surface area contributed by atoms with Crippen LogP contribution >= 0.6 is 0 Å². The Morgan fingerprint density at radius 1 is 1.21 bits per heavy atom. The van der Waals surface area contributed by atoms with Crippen molar-refractivity contribution in [1.82, 2.24) is 19.8 Å². The van der Waals surface area contributed by atoms with Crippen molar-refractivity contribution in [3.05, 3.63) is 41.5 Å². The molecule has 0 aliphatic heterocycles. The maximum absolute atomic E-state index is 12.5. The number of aromatic nitrogens is 2. The highest BCUT2D eigenvalue weighted by Gasteiger charge is 2.21. The van der Waals surface area contributed by atoms with E-state index in [4.69, 9.17) is 4.52 Å². The maximum atomic E-state index is 12.5. The van der Waals surface area contributed by atoms with Crippen LogP contribution in [0.2, 0.25) is 0 Å². The van der Waals surface area contributed by atoms with Gasteiger partial charge in [0.1, 0.15) is 0 Å². The summed E-state index contributed by atoms with van der Waals surface area (Å²) in [7, 11) is -3.48. The van der Waals surface area contributed by atoms with Crippen molar-refractivity contribution < 1.29 is 17.7 Å². The molecule has 0 aliphatic carbocycles. The van der Waals surface area contributed by atoms with Gasteiger partial charge in [-0.05, 0) is 38.0 Å². The molecular weight excluding hydrogens is 380 g/mol. The highest BCUT2D eigenvalue weighted by Crippen LogP contribution is 2.19. The van der Waals surface area contributed by atoms with Gasteiger partial charge in [0.25, 0.3) is 0 Å². The predicted octanol–water partition coefficient (Wildman–Crippen LogP) is 2.61. The van der Waals surface area contributed by atoms with Crippen LogP contribution in [0, 0.1) is 6.92 Å². The first kappa shape index (κ1) is 22.0. The van der Waals surface area contributed by atoms with Gasteiger partial charge in [-0.1, -0.05) is 31.1 Å². The molecule has 0 saturated heterocycles. The average molecular weight is 409 g/mol. The molecule has 0 aliphatic rings. The molecule has 1 aromatic heterocycles. The SMILES string of the molecule is CCN(CC)S(=O)(=O)c1ccc([C@@H](C)NC(=O)CCCc2nc(C)no2)cc1. The summed E-state index contributed by atoms with van der Waals surface area (Å²) >= 11 is 0. The monoisotopic (exact) mass is 408 g/mol. The number of benzene rings is 1. The number of nitrogens with one attached hydrogen (secondary N) is 1. The lowest BCUT2D eigenvalue weighted by atomic mass is 10.1. The first-order valence-corrected chi connectivity index (χ1v) is 10.9. The second-order valence-corrected chi connectivity index (χ2v) is 8.47. The van der Waals surface area contributed by atoms with E-state index in [2.05, 4.69) is 15.5 Å². The van der Waals surface area contributed by atoms with Crippen molar-refractivity contribution in [2.24, 2.45) is 0 Å². The molecule has 1 N–H and O–H groups in total. The van der Waals surface area contributed by atoms with Gasteiger partial charge in [-0.15, -0.1) is 0 Å². The molecular formula is C19H28N4O4S. The normalized spacial score (nSPS) is 12.9. The van der Waals surface area contributed by atoms with Crippen LogP contribution in [0.25, 0.3) is 0 Å². The Balaban J connectivity index is 1.89. The first-order chi connectivity index (χ1) is 13.3. The van der Waals surface area contributed by atoms with Crippen molar-refractivity contribution in [2.45, 2.75) is 57.9 Å². The van der Waals surface area contributed by atoms with Crippen LogP contribution in [0.3, 0.4) is 0 Å². The molecule has 28 heavy (non-hydrogen) atoms. The number of sulfonamides is 1. The third-order valence-corrected chi connectivity index (χ3v) is 6.53. The summed E-state index contributed by atoms with van der Waals surface area (Å²) in [6.07, 6.45) is 1.52. The van der Waals surface area contributed by atoms with Crippen molar-refractivity contribution in [3.8, 4) is 0 Å². The van der Waals surface area contributed by atoms with Gasteiger partial charge < -0.3 is 9.84 Å². The minimum Gasteiger partial charge on any atom is -0.350 e. The molecule has 8 nitrogen and oxygen atoms in total. The summed E-state index contributed by atoms with van der Waals surface area (Å²) in [5.41, 5.74) is 0.847. The Hall–Kier alpha value is -2.26. The Morgan fingerprint density at radius 3 is 2.39 bits per heavy atom. The third-order valence-electron chi connectivity index (χ3n) is 4.46. The molecule has 9 heteroatoms. The number of carbonyl (C=O) groups is 1. The van der Waals surface area contributed by atoms with Crippen LogP contribution in [0.1, 0.15) is 56.9 Å². The van der Waals surface area contributed by atoms with E-state index < -0.39 is 10.0 Å². The minimum atomic E-state index is -3.48. The molecule has 0 bridgehead atoms. The Bertz CT molecular complexity index is 874. The molecule has 0 spiro atoms. The molecule has 0 fully saturated rings. The lowest BCUT2D eigenvalue weighted by Gasteiger charge is -2.19. The highest BCUT2D eigenvalue weighted by atomic mass is 32.2. The summed E-state index contributed by atoms with van der Waals surface area (Å²) in [5, 5.41) is 6.64. The van der Waals surface area contributed by atoms with E-state index in [1.54, 1.807) is 31.2 Å². The molecule has 1 atom stereocenters. The number of carbonyl (C=O) groups excluding carboxylic acids is 1. The topological polar surface area (TPSA) is 105 Å². The van der Waals surface area contributed by atoms with Gasteiger partial charge in [0.15, 0.2) is 5.82 Å². The molecule has 154 valence electrons. The summed E-state index contributed by atoms with van der Waals surface area (Å²) in [6, 6.07) is 6.43. The lowest BCUT2D eigenvalue weighted by Crippen LogP contribution is -2.30. The Labute approximate surface area is 166 Å². The molecule has 1 amide bonds. The van der Waals surface area contributed by atoms with Gasteiger partial charge in [-0.2, -0.15) is 9.29 Å². The average Bonchev–Trinajstić information content (AvgIpc) is 3.07. The van der Waals surface area contributed by atoms with Crippen LogP contribution in [0.4, 0.5) is 0 Å². The van der Waals surface area contributed by atoms with Gasteiger partial charge in [-0.3, -0.25) is 4.79 Å². The fraction of sp³-hybridized carbons (Fsp3) is 0.526. The van der Waals surface area contributed by atoms with Crippen LogP contribution < -0.4 is 5.32 Å². The Kier molecular flexibility index (Phi) is 7.70. The minimum absolute atomic E-state index is 0.0800. The highest BCUT2D eigenvalue weighted by molar-refractivity contribution is 7.89. The van der Waals surface area contributed by atoms with Gasteiger partial charge in [-0.25, -0.2) is 8.42 Å². The molecule has 1 aromatic carbocycles. The summed E-state index contributed by atoms with van der Waals surface area (Å²) in [5.74, 6) is 1.03. The second-order valence-electron chi connectivity index (χ2n) is 6.54. The van der Waals surface area contributed by atoms with Crippen molar-refractivity contribution in [1.29, 1.82) is 0 Å². The summed E-state index contributed by atoms with van der Waals surface area (Å²) < 4.78 is 31.5. The molecule has 0 unspecified atom stereocenters. The molecule has 0 radical (unpaired) electrons. The zero-order chi connectivity index (χ0) is 20.7. The summed E-state index contributed by atoms with van der Waals surface area (Å²) in [6.45, 7) is 8.10. The second kappa shape index (κ2) is 9.79. The molecule has 1 heterocycles. The smallest absolute Gasteiger partial charge is 0.243 e. The largest absolute Gasteiger partial charge is 0.350 e. The van der Waals surface area contributed by atoms with Gasteiger partial charge >= 0.3 is 0 Å². The quantitative estimate of drug-likeness (QED) is 0.648. The number of hydrogen-bond donors (Lipinski definition) is 1. The van der Waals surface area contributed by atoms with E-state index in [1.807, 2.05) is 20.8 Å². The molecule has 2 aromatic rings. The van der Waals surface area contributed by atoms with Crippen molar-refractivity contribution in [3.63, 3.8) is 0 Å². The summed E-state index contributed by atoms with van der Waals surface area (Å²) in [4.78, 5) is 16.5. The van der Waals surface area contributed by atoms with Crippen LogP contribution in [-0.4, -0.2) is 41.9 Å². The van der Waals surface area contributed by atoms with Crippen molar-refractivity contribution >= 4 is 15.9 Å². The lowest BCUT2D eigenvalue weighted by molar-refractivity contribution is -0.121. The number of aryl methyl sites for hydroxylation is 2. The van der Waals surface area contributed by atoms with Crippen LogP contribution in [0.15, 0.2) is 33.7 Å². The third kappa shape index (κ3) is 5.62. The number of amides is 1. The van der Waals surface area contributed by atoms with E-state index in [-0.39, 0.29) is 16.8 Å². The predicted molar refractivity (Wildman–Crippen MR) is 105 cm³/mol. The number of hydrogen-bond acceptors (Lipinski definition) is 6. The van der Waals surface area contributed by atoms with Gasteiger partial charge in [0, 0.05) is 25.9 Å². The first-order valence-electron chi connectivity index (χ1n) is 9.46. The Morgan fingerprint density at radius 2 is 1.86 bits per heavy atom. The fourth-order valence-electron chi connectivity index (χ4n) is 2.88. The molecule has 0 saturated carbocycles. The fourth-order valence-corrected chi connectivity index (χ4v) is 4.34. The maximum Gasteiger partial charge on any atom is 0.243 e. The van der Waals surface area contributed by atoms with Gasteiger partial charge in [0.05, 0.1) is 10.9 Å². The standard InChI is InChI=1S/C19H28N4O4S/c1-5-23(6-2)28(25,26)17-12-10-16(11-13-17)14(3)20-18(24)8-7-9-19-21-15(4)22-27-19/h10-14H,5-9H2,1-4H3,(H,20,24)/t14-/m1/s1. The van der Waals surface area contributed by atoms with Gasteiger partial charge in [0.2, 0.25) is 21.8 Å². The number of rotatable bonds is 10. The zero-order valence-electron chi connectivity index (χ0n) is 16.8.